The minimum atomic E-state index is -0.679. The quantitative estimate of drug-likeness (QED) is 0.831. The first kappa shape index (κ1) is 19.1. The Labute approximate surface area is 145 Å². The number of likely N-dealkylation sites (tertiary alicyclic amines) is 1. The van der Waals surface area contributed by atoms with Crippen LogP contribution in [-0.2, 0) is 11.3 Å². The van der Waals surface area contributed by atoms with Crippen LogP contribution < -0.4 is 9.47 Å². The summed E-state index contributed by atoms with van der Waals surface area (Å²) in [6.45, 7) is 2.38. The number of methoxy groups -OCH3 is 2. The van der Waals surface area contributed by atoms with Gasteiger partial charge in [0, 0.05) is 6.54 Å². The van der Waals surface area contributed by atoms with E-state index in [0.29, 0.717) is 24.3 Å². The number of rotatable bonds is 5. The molecule has 0 aromatic heterocycles. The second-order valence-corrected chi connectivity index (χ2v) is 5.96. The molecule has 22 heavy (non-hydrogen) atoms. The van der Waals surface area contributed by atoms with Crippen LogP contribution in [0.15, 0.2) is 16.6 Å². The number of carboxylic acids is 1. The Bertz CT molecular complexity index is 519. The maximum absolute atomic E-state index is 11.0. The van der Waals surface area contributed by atoms with Gasteiger partial charge in [0.25, 0.3) is 0 Å². The number of halogens is 2. The molecule has 5 nitrogen and oxygen atoms in total. The summed E-state index contributed by atoms with van der Waals surface area (Å²) in [5.41, 5.74) is 1.11. The predicted octanol–water partition coefficient (Wildman–Crippen LogP) is 3.18. The summed E-state index contributed by atoms with van der Waals surface area (Å²) in [7, 11) is 3.23. The van der Waals surface area contributed by atoms with Crippen LogP contribution >= 0.6 is 28.3 Å². The zero-order valence-electron chi connectivity index (χ0n) is 12.7. The fraction of sp³-hybridized carbons (Fsp3) is 0.533. The first-order valence-corrected chi connectivity index (χ1v) is 7.70. The average molecular weight is 395 g/mol. The first-order valence-electron chi connectivity index (χ1n) is 6.91. The lowest BCUT2D eigenvalue weighted by atomic mass is 9.97. The van der Waals surface area contributed by atoms with Gasteiger partial charge in [-0.2, -0.15) is 0 Å². The molecule has 0 atom stereocenters. The normalized spacial score (nSPS) is 16.0. The van der Waals surface area contributed by atoms with E-state index in [0.717, 1.165) is 29.7 Å². The highest BCUT2D eigenvalue weighted by molar-refractivity contribution is 9.10. The van der Waals surface area contributed by atoms with Crippen molar-refractivity contribution in [2.45, 2.75) is 19.4 Å². The van der Waals surface area contributed by atoms with E-state index in [1.807, 2.05) is 12.1 Å². The minimum Gasteiger partial charge on any atom is -0.493 e. The average Bonchev–Trinajstić information content (AvgIpc) is 2.49. The number of hydrogen-bond donors (Lipinski definition) is 1. The molecule has 1 aliphatic heterocycles. The van der Waals surface area contributed by atoms with Gasteiger partial charge in [-0.25, -0.2) is 0 Å². The van der Waals surface area contributed by atoms with Crippen molar-refractivity contribution in [1.82, 2.24) is 4.90 Å². The van der Waals surface area contributed by atoms with Gasteiger partial charge in [-0.15, -0.1) is 12.4 Å². The Morgan fingerprint density at radius 1 is 1.32 bits per heavy atom. The molecule has 0 aliphatic carbocycles. The highest BCUT2D eigenvalue weighted by Gasteiger charge is 2.25. The van der Waals surface area contributed by atoms with Crippen molar-refractivity contribution in [2.24, 2.45) is 5.92 Å². The number of nitrogens with zero attached hydrogens (tertiary/aromatic N) is 1. The third kappa shape index (κ3) is 4.27. The zero-order valence-corrected chi connectivity index (χ0v) is 15.1. The van der Waals surface area contributed by atoms with Crippen LogP contribution in [0.3, 0.4) is 0 Å². The fourth-order valence-corrected chi connectivity index (χ4v) is 3.25. The maximum atomic E-state index is 11.0. The Hall–Kier alpha value is -0.980. The lowest BCUT2D eigenvalue weighted by Crippen LogP contribution is -2.35. The number of hydrogen-bond acceptors (Lipinski definition) is 4. The predicted molar refractivity (Wildman–Crippen MR) is 90.1 cm³/mol. The van der Waals surface area contributed by atoms with Crippen molar-refractivity contribution in [2.75, 3.05) is 27.3 Å². The summed E-state index contributed by atoms with van der Waals surface area (Å²) in [5.74, 6) is 0.505. The molecule has 2 rings (SSSR count). The number of aliphatic carboxylic acids is 1. The first-order chi connectivity index (χ1) is 10.1. The lowest BCUT2D eigenvalue weighted by molar-refractivity contribution is -0.143. The molecule has 0 bridgehead atoms. The molecule has 1 aliphatic rings. The summed E-state index contributed by atoms with van der Waals surface area (Å²) in [6, 6.07) is 3.90. The summed E-state index contributed by atoms with van der Waals surface area (Å²) in [5, 5.41) is 9.03. The number of carboxylic acid groups (broad SMARTS) is 1. The Balaban J connectivity index is 0.00000242. The highest BCUT2D eigenvalue weighted by Crippen LogP contribution is 2.38. The van der Waals surface area contributed by atoms with Gasteiger partial charge in [0.1, 0.15) is 0 Å². The van der Waals surface area contributed by atoms with E-state index in [-0.39, 0.29) is 18.3 Å². The summed E-state index contributed by atoms with van der Waals surface area (Å²) in [4.78, 5) is 13.2. The van der Waals surface area contributed by atoms with Crippen molar-refractivity contribution >= 4 is 34.3 Å². The second-order valence-electron chi connectivity index (χ2n) is 5.16. The van der Waals surface area contributed by atoms with Crippen LogP contribution in [0.4, 0.5) is 0 Å². The number of benzene rings is 1. The smallest absolute Gasteiger partial charge is 0.306 e. The Morgan fingerprint density at radius 2 is 1.95 bits per heavy atom. The number of piperidine rings is 1. The summed E-state index contributed by atoms with van der Waals surface area (Å²) < 4.78 is 11.5. The van der Waals surface area contributed by atoms with Gasteiger partial charge < -0.3 is 14.6 Å². The van der Waals surface area contributed by atoms with E-state index in [9.17, 15) is 4.79 Å². The summed E-state index contributed by atoms with van der Waals surface area (Å²) >= 11 is 3.57. The van der Waals surface area contributed by atoms with Crippen LogP contribution in [0.5, 0.6) is 11.5 Å². The van der Waals surface area contributed by atoms with Gasteiger partial charge in [0.05, 0.1) is 24.6 Å². The summed E-state index contributed by atoms with van der Waals surface area (Å²) in [6.07, 6.45) is 1.42. The van der Waals surface area contributed by atoms with E-state index in [1.54, 1.807) is 14.2 Å². The molecular formula is C15H21BrClNO4. The number of carbonyl (C=O) groups is 1. The zero-order chi connectivity index (χ0) is 15.4. The molecule has 0 unspecified atom stereocenters. The fourth-order valence-electron chi connectivity index (χ4n) is 2.63. The van der Waals surface area contributed by atoms with Crippen molar-refractivity contribution in [3.05, 3.63) is 22.2 Å². The van der Waals surface area contributed by atoms with Crippen LogP contribution in [0, 0.1) is 5.92 Å². The van der Waals surface area contributed by atoms with Crippen LogP contribution in [0.25, 0.3) is 0 Å². The lowest BCUT2D eigenvalue weighted by Gasteiger charge is -2.30. The molecular weight excluding hydrogens is 374 g/mol. The van der Waals surface area contributed by atoms with Crippen molar-refractivity contribution in [1.29, 1.82) is 0 Å². The van der Waals surface area contributed by atoms with Gasteiger partial charge >= 0.3 is 5.97 Å². The molecule has 1 aromatic rings. The van der Waals surface area contributed by atoms with E-state index in [2.05, 4.69) is 20.8 Å². The molecule has 124 valence electrons. The van der Waals surface area contributed by atoms with Gasteiger partial charge in [-0.05, 0) is 53.5 Å². The SMILES string of the molecule is COc1ccc(CN2CCC(C(=O)O)CC2)c(Br)c1OC.Cl. The van der Waals surface area contributed by atoms with Crippen molar-refractivity contribution in [3.63, 3.8) is 0 Å². The highest BCUT2D eigenvalue weighted by atomic mass is 79.9. The maximum Gasteiger partial charge on any atom is 0.306 e. The Kier molecular flexibility index (Phi) is 7.45. The number of ether oxygens (including phenoxy) is 2. The monoisotopic (exact) mass is 393 g/mol. The van der Waals surface area contributed by atoms with Gasteiger partial charge in [0.2, 0.25) is 0 Å². The standard InChI is InChI=1S/C15H20BrNO4.ClH/c1-20-12-4-3-11(13(16)14(12)21-2)9-17-7-5-10(6-8-17)15(18)19;/h3-4,10H,5-9H2,1-2H3,(H,18,19);1H. The van der Waals surface area contributed by atoms with Crippen molar-refractivity contribution in [3.8, 4) is 11.5 Å². The van der Waals surface area contributed by atoms with E-state index in [1.165, 1.54) is 0 Å². The van der Waals surface area contributed by atoms with Crippen LogP contribution in [0.2, 0.25) is 0 Å². The molecule has 1 fully saturated rings. The molecule has 0 spiro atoms. The molecule has 7 heteroatoms. The second kappa shape index (κ2) is 8.60. The van der Waals surface area contributed by atoms with Gasteiger partial charge in [-0.1, -0.05) is 6.07 Å². The third-order valence-corrected chi connectivity index (χ3v) is 4.77. The largest absolute Gasteiger partial charge is 0.493 e. The molecule has 0 amide bonds. The minimum absolute atomic E-state index is 0. The molecule has 1 N–H and O–H groups in total. The van der Waals surface area contributed by atoms with Crippen LogP contribution in [-0.4, -0.2) is 43.3 Å². The van der Waals surface area contributed by atoms with Gasteiger partial charge in [0.15, 0.2) is 11.5 Å². The van der Waals surface area contributed by atoms with E-state index < -0.39 is 5.97 Å². The van der Waals surface area contributed by atoms with E-state index >= 15 is 0 Å². The van der Waals surface area contributed by atoms with E-state index in [4.69, 9.17) is 14.6 Å². The molecule has 1 saturated heterocycles. The molecule has 0 radical (unpaired) electrons. The van der Waals surface area contributed by atoms with Crippen molar-refractivity contribution < 1.29 is 19.4 Å². The van der Waals surface area contributed by atoms with Gasteiger partial charge in [-0.3, -0.25) is 9.69 Å². The molecule has 1 heterocycles. The molecule has 0 saturated carbocycles. The Morgan fingerprint density at radius 3 is 2.45 bits per heavy atom. The molecule has 1 aromatic carbocycles. The van der Waals surface area contributed by atoms with Crippen LogP contribution in [0.1, 0.15) is 18.4 Å². The topological polar surface area (TPSA) is 59.0 Å². The third-order valence-electron chi connectivity index (χ3n) is 3.90.